The molecule has 3 aromatic rings. The van der Waals surface area contributed by atoms with Crippen LogP contribution in [0.4, 0.5) is 5.82 Å². The van der Waals surface area contributed by atoms with Gasteiger partial charge in [-0.1, -0.05) is 18.5 Å². The highest BCUT2D eigenvalue weighted by Gasteiger charge is 2.25. The molecule has 0 bridgehead atoms. The van der Waals surface area contributed by atoms with Crippen molar-refractivity contribution in [2.75, 3.05) is 36.6 Å². The summed E-state index contributed by atoms with van der Waals surface area (Å²) < 4.78 is 31.4. The van der Waals surface area contributed by atoms with Gasteiger partial charge in [0.25, 0.3) is 0 Å². The zero-order valence-corrected chi connectivity index (χ0v) is 20.4. The molecule has 0 amide bonds. The first-order valence-electron chi connectivity index (χ1n) is 11.1. The molecule has 33 heavy (non-hydrogen) atoms. The van der Waals surface area contributed by atoms with E-state index in [-0.39, 0.29) is 24.0 Å². The monoisotopic (exact) mass is 492 g/mol. The van der Waals surface area contributed by atoms with E-state index < -0.39 is 9.84 Å². The minimum absolute atomic E-state index is 0.168. The van der Waals surface area contributed by atoms with Crippen LogP contribution in [0.25, 0.3) is 17.0 Å². The summed E-state index contributed by atoms with van der Waals surface area (Å²) in [6.07, 6.45) is 6.10. The van der Waals surface area contributed by atoms with Gasteiger partial charge in [-0.05, 0) is 48.9 Å². The second kappa shape index (κ2) is 9.87. The summed E-state index contributed by atoms with van der Waals surface area (Å²) in [4.78, 5) is 11.6. The highest BCUT2D eigenvalue weighted by Crippen LogP contribution is 2.34. The molecule has 1 fully saturated rings. The first kappa shape index (κ1) is 23.8. The summed E-state index contributed by atoms with van der Waals surface area (Å²) in [5.74, 6) is 2.62. The van der Waals surface area contributed by atoms with Crippen molar-refractivity contribution in [2.45, 2.75) is 32.8 Å². The number of rotatable bonds is 8. The Morgan fingerprint density at radius 2 is 2.00 bits per heavy atom. The molecular weight excluding hydrogens is 464 g/mol. The number of hydrogen-bond acceptors (Lipinski definition) is 7. The number of benzene rings is 1. The number of aliphatic hydroxyl groups is 1. The fraction of sp³-hybridized carbons (Fsp3) is 0.478. The van der Waals surface area contributed by atoms with Crippen LogP contribution in [-0.4, -0.2) is 59.6 Å². The van der Waals surface area contributed by atoms with Gasteiger partial charge in [-0.15, -0.1) is 0 Å². The van der Waals surface area contributed by atoms with E-state index in [1.807, 2.05) is 29.8 Å². The van der Waals surface area contributed by atoms with E-state index in [0.717, 1.165) is 37.3 Å². The van der Waals surface area contributed by atoms with Crippen LogP contribution in [0.15, 0.2) is 30.6 Å². The Morgan fingerprint density at radius 3 is 2.67 bits per heavy atom. The van der Waals surface area contributed by atoms with E-state index >= 15 is 0 Å². The van der Waals surface area contributed by atoms with Crippen LogP contribution in [0.5, 0.6) is 5.75 Å². The van der Waals surface area contributed by atoms with Gasteiger partial charge < -0.3 is 14.7 Å². The minimum atomic E-state index is -2.96. The van der Waals surface area contributed by atoms with Crippen molar-refractivity contribution in [1.29, 1.82) is 0 Å². The topological polar surface area (TPSA) is 97.0 Å². The number of nitrogens with zero attached hydrogens (tertiary/aromatic N) is 4. The number of aromatic nitrogens is 3. The lowest BCUT2D eigenvalue weighted by Gasteiger charge is -2.32. The first-order valence-corrected chi connectivity index (χ1v) is 13.3. The lowest BCUT2D eigenvalue weighted by atomic mass is 9.99. The second-order valence-electron chi connectivity index (χ2n) is 8.47. The van der Waals surface area contributed by atoms with Crippen molar-refractivity contribution < 1.29 is 18.3 Å². The molecule has 1 aromatic carbocycles. The quantitative estimate of drug-likeness (QED) is 0.513. The van der Waals surface area contributed by atoms with Gasteiger partial charge in [0.05, 0.1) is 30.2 Å². The van der Waals surface area contributed by atoms with Crippen LogP contribution in [0.3, 0.4) is 0 Å². The van der Waals surface area contributed by atoms with E-state index in [1.54, 1.807) is 12.1 Å². The molecule has 0 unspecified atom stereocenters. The van der Waals surface area contributed by atoms with Crippen molar-refractivity contribution in [3.63, 3.8) is 0 Å². The van der Waals surface area contributed by atoms with Gasteiger partial charge in [0.2, 0.25) is 5.78 Å². The van der Waals surface area contributed by atoms with Crippen LogP contribution in [-0.2, 0) is 16.4 Å². The Balaban J connectivity index is 1.52. The van der Waals surface area contributed by atoms with E-state index in [4.69, 9.17) is 21.3 Å². The zero-order chi connectivity index (χ0) is 23.6. The molecule has 0 saturated carbocycles. The predicted octanol–water partition coefficient (Wildman–Crippen LogP) is 3.59. The molecule has 10 heteroatoms. The number of methoxy groups -OCH3 is 1. The van der Waals surface area contributed by atoms with E-state index in [0.29, 0.717) is 34.2 Å². The Labute approximate surface area is 199 Å². The fourth-order valence-corrected chi connectivity index (χ4v) is 6.45. The minimum Gasteiger partial charge on any atom is -0.495 e. The predicted molar refractivity (Wildman–Crippen MR) is 130 cm³/mol. The average molecular weight is 493 g/mol. The third-order valence-corrected chi connectivity index (χ3v) is 8.38. The van der Waals surface area contributed by atoms with Crippen LogP contribution >= 0.6 is 11.6 Å². The smallest absolute Gasteiger partial charge is 0.236 e. The molecule has 4 rings (SSSR count). The number of fused-ring (bicyclic) bond motifs is 1. The van der Waals surface area contributed by atoms with Crippen molar-refractivity contribution in [2.24, 2.45) is 5.92 Å². The lowest BCUT2D eigenvalue weighted by Crippen LogP contribution is -2.36. The highest BCUT2D eigenvalue weighted by molar-refractivity contribution is 7.91. The SMILES string of the molecule is CCCS(=O)(=O)CC1CCN(c2ccn3cc(-c4cc(Cl)c(OC)cc4CO)nc3n2)CC1. The summed E-state index contributed by atoms with van der Waals surface area (Å²) in [5, 5.41) is 10.3. The number of piperidine rings is 1. The molecule has 0 atom stereocenters. The normalized spacial score (nSPS) is 15.3. The molecule has 178 valence electrons. The van der Waals surface area contributed by atoms with Crippen LogP contribution in [0.1, 0.15) is 31.7 Å². The first-order chi connectivity index (χ1) is 15.8. The fourth-order valence-electron chi connectivity index (χ4n) is 4.37. The Hall–Kier alpha value is -2.36. The van der Waals surface area contributed by atoms with Gasteiger partial charge in [0.1, 0.15) is 11.6 Å². The Bertz CT molecular complexity index is 1240. The van der Waals surface area contributed by atoms with Crippen LogP contribution in [0.2, 0.25) is 5.02 Å². The Kier molecular flexibility index (Phi) is 7.11. The number of anilines is 1. The van der Waals surface area contributed by atoms with Gasteiger partial charge >= 0.3 is 0 Å². The number of halogens is 1. The molecule has 1 aliphatic heterocycles. The summed E-state index contributed by atoms with van der Waals surface area (Å²) in [6, 6.07) is 5.40. The van der Waals surface area contributed by atoms with Gasteiger partial charge in [-0.3, -0.25) is 4.40 Å². The summed E-state index contributed by atoms with van der Waals surface area (Å²) in [5.41, 5.74) is 2.05. The highest BCUT2D eigenvalue weighted by atomic mass is 35.5. The molecule has 1 N–H and O–H groups in total. The standard InChI is InChI=1S/C23H29ClN4O4S/c1-3-10-33(30,31)15-16-4-7-27(8-5-16)22-6-9-28-13-20(25-23(28)26-22)18-12-19(24)21(32-2)11-17(18)14-29/h6,9,11-13,16,29H,3-5,7-8,10,14-15H2,1-2H3. The molecule has 0 radical (unpaired) electrons. The van der Waals surface area contributed by atoms with Gasteiger partial charge in [-0.25, -0.2) is 13.4 Å². The molecule has 1 aliphatic rings. The van der Waals surface area contributed by atoms with Crippen molar-refractivity contribution in [3.8, 4) is 17.0 Å². The molecule has 3 heterocycles. The molecule has 8 nitrogen and oxygen atoms in total. The second-order valence-corrected chi connectivity index (χ2v) is 11.1. The van der Waals surface area contributed by atoms with Crippen molar-refractivity contribution >= 4 is 33.0 Å². The van der Waals surface area contributed by atoms with Gasteiger partial charge in [-0.2, -0.15) is 4.98 Å². The van der Waals surface area contributed by atoms with E-state index in [9.17, 15) is 13.5 Å². The molecule has 0 aliphatic carbocycles. The van der Waals surface area contributed by atoms with E-state index in [2.05, 4.69) is 9.88 Å². The number of imidazole rings is 1. The van der Waals surface area contributed by atoms with Crippen LogP contribution in [0, 0.1) is 5.92 Å². The maximum absolute atomic E-state index is 12.2. The lowest BCUT2D eigenvalue weighted by molar-refractivity contribution is 0.281. The summed E-state index contributed by atoms with van der Waals surface area (Å²) in [7, 11) is -1.43. The maximum atomic E-state index is 12.2. The molecule has 0 spiro atoms. The summed E-state index contributed by atoms with van der Waals surface area (Å²) in [6.45, 7) is 3.27. The average Bonchev–Trinajstić information content (AvgIpc) is 3.22. The number of sulfone groups is 1. The molecule has 1 saturated heterocycles. The maximum Gasteiger partial charge on any atom is 0.236 e. The summed E-state index contributed by atoms with van der Waals surface area (Å²) >= 11 is 6.30. The van der Waals surface area contributed by atoms with Crippen molar-refractivity contribution in [1.82, 2.24) is 14.4 Å². The Morgan fingerprint density at radius 1 is 1.24 bits per heavy atom. The molecular formula is C23H29ClN4O4S. The number of aliphatic hydroxyl groups excluding tert-OH is 1. The van der Waals surface area contributed by atoms with Gasteiger partial charge in [0, 0.05) is 36.8 Å². The third-order valence-electron chi connectivity index (χ3n) is 6.08. The molecule has 2 aromatic heterocycles. The number of hydrogen-bond donors (Lipinski definition) is 1. The number of ether oxygens (including phenoxy) is 1. The van der Waals surface area contributed by atoms with E-state index in [1.165, 1.54) is 7.11 Å². The van der Waals surface area contributed by atoms with Crippen molar-refractivity contribution in [3.05, 3.63) is 41.2 Å². The zero-order valence-electron chi connectivity index (χ0n) is 18.9. The third kappa shape index (κ3) is 5.26. The van der Waals surface area contributed by atoms with Gasteiger partial charge in [0.15, 0.2) is 9.84 Å². The largest absolute Gasteiger partial charge is 0.495 e. The van der Waals surface area contributed by atoms with Crippen LogP contribution < -0.4 is 9.64 Å².